The lowest BCUT2D eigenvalue weighted by molar-refractivity contribution is -0.136. The molecular weight excluding hydrogens is 357 g/mol. The van der Waals surface area contributed by atoms with E-state index in [-0.39, 0.29) is 17.4 Å². The highest BCUT2D eigenvalue weighted by molar-refractivity contribution is 7.89. The lowest BCUT2D eigenvalue weighted by Crippen LogP contribution is -2.41. The molecule has 11 heteroatoms. The molecule has 0 unspecified atom stereocenters. The molecule has 1 rings (SSSR count). The predicted octanol–water partition coefficient (Wildman–Crippen LogP) is 1.54. The van der Waals surface area contributed by atoms with Crippen LogP contribution in [0.25, 0.3) is 0 Å². The molecule has 0 radical (unpaired) electrons. The van der Waals surface area contributed by atoms with Gasteiger partial charge < -0.3 is 0 Å². The highest BCUT2D eigenvalue weighted by atomic mass is 32.2. The van der Waals surface area contributed by atoms with Crippen LogP contribution in [0.2, 0.25) is 0 Å². The number of rotatable bonds is 6. The van der Waals surface area contributed by atoms with E-state index in [1.165, 1.54) is 0 Å². The van der Waals surface area contributed by atoms with Gasteiger partial charge in [0.2, 0.25) is 20.0 Å². The first-order valence-electron chi connectivity index (χ1n) is 6.43. The van der Waals surface area contributed by atoms with Crippen LogP contribution in [0, 0.1) is 5.92 Å². The van der Waals surface area contributed by atoms with Crippen LogP contribution < -0.4 is 5.14 Å². The van der Waals surface area contributed by atoms with Crippen molar-refractivity contribution in [1.82, 2.24) is 4.31 Å². The summed E-state index contributed by atoms with van der Waals surface area (Å²) in [6, 6.07) is 3.70. The minimum absolute atomic E-state index is 0.321. The molecule has 0 fully saturated rings. The van der Waals surface area contributed by atoms with E-state index >= 15 is 0 Å². The largest absolute Gasteiger partial charge is 0.402 e. The van der Waals surface area contributed by atoms with E-state index in [4.69, 9.17) is 5.14 Å². The van der Waals surface area contributed by atoms with Crippen LogP contribution in [0.4, 0.5) is 13.2 Å². The van der Waals surface area contributed by atoms with E-state index in [1.807, 2.05) is 0 Å². The van der Waals surface area contributed by atoms with Crippen LogP contribution in [0.15, 0.2) is 34.1 Å². The first kappa shape index (κ1) is 19.9. The summed E-state index contributed by atoms with van der Waals surface area (Å²) in [6.45, 7) is 1.23. The highest BCUT2D eigenvalue weighted by Crippen LogP contribution is 2.24. The molecule has 1 aromatic carbocycles. The third-order valence-corrected chi connectivity index (χ3v) is 5.47. The lowest BCUT2D eigenvalue weighted by Gasteiger charge is -2.25. The molecule has 0 aromatic heterocycles. The van der Waals surface area contributed by atoms with Crippen LogP contribution in [-0.4, -0.2) is 40.4 Å². The Morgan fingerprint density at radius 2 is 1.48 bits per heavy atom. The fourth-order valence-electron chi connectivity index (χ4n) is 1.81. The average molecular weight is 374 g/mol. The Bertz CT molecular complexity index is 742. The van der Waals surface area contributed by atoms with E-state index in [0.717, 1.165) is 24.3 Å². The smallest absolute Gasteiger partial charge is 0.225 e. The summed E-state index contributed by atoms with van der Waals surface area (Å²) in [5.41, 5.74) is 0. The number of benzene rings is 1. The molecule has 0 spiro atoms. The molecule has 0 aliphatic rings. The van der Waals surface area contributed by atoms with Gasteiger partial charge in [-0.1, -0.05) is 13.8 Å². The monoisotopic (exact) mass is 374 g/mol. The summed E-state index contributed by atoms with van der Waals surface area (Å²) < 4.78 is 85.1. The molecule has 2 N–H and O–H groups in total. The predicted molar refractivity (Wildman–Crippen MR) is 77.5 cm³/mol. The summed E-state index contributed by atoms with van der Waals surface area (Å²) in [5.74, 6) is -0.323. The minimum atomic E-state index is -4.69. The topological polar surface area (TPSA) is 97.5 Å². The quantitative estimate of drug-likeness (QED) is 0.817. The maximum atomic E-state index is 12.6. The second kappa shape index (κ2) is 6.75. The van der Waals surface area contributed by atoms with Gasteiger partial charge in [-0.15, -0.1) is 0 Å². The standard InChI is InChI=1S/C12H17F3N2O4S2/c1-9(2)7-17(8-12(13,14)15)23(20,21)11-5-3-10(4-6-11)22(16,18)19/h3-6,9H,7-8H2,1-2H3,(H2,16,18,19). The van der Waals surface area contributed by atoms with Crippen LogP contribution in [-0.2, 0) is 20.0 Å². The highest BCUT2D eigenvalue weighted by Gasteiger charge is 2.37. The maximum Gasteiger partial charge on any atom is 0.402 e. The van der Waals surface area contributed by atoms with Crippen molar-refractivity contribution in [2.24, 2.45) is 11.1 Å². The van der Waals surface area contributed by atoms with Crippen molar-refractivity contribution in [2.75, 3.05) is 13.1 Å². The summed E-state index contributed by atoms with van der Waals surface area (Å²) >= 11 is 0. The second-order valence-electron chi connectivity index (χ2n) is 5.32. The number of hydrogen-bond donors (Lipinski definition) is 1. The Kier molecular flexibility index (Phi) is 5.83. The number of hydrogen-bond acceptors (Lipinski definition) is 4. The van der Waals surface area contributed by atoms with Crippen molar-refractivity contribution >= 4 is 20.0 Å². The number of sulfonamides is 2. The van der Waals surface area contributed by atoms with Crippen LogP contribution >= 0.6 is 0 Å². The van der Waals surface area contributed by atoms with Crippen molar-refractivity contribution in [3.63, 3.8) is 0 Å². The molecule has 0 atom stereocenters. The first-order chi connectivity index (χ1) is 10.2. The van der Waals surface area contributed by atoms with Gasteiger partial charge in [0.05, 0.1) is 9.79 Å². The van der Waals surface area contributed by atoms with Crippen molar-refractivity contribution in [1.29, 1.82) is 0 Å². The SMILES string of the molecule is CC(C)CN(CC(F)(F)F)S(=O)(=O)c1ccc(S(N)(=O)=O)cc1. The zero-order valence-electron chi connectivity index (χ0n) is 12.4. The van der Waals surface area contributed by atoms with Gasteiger partial charge in [-0.3, -0.25) is 0 Å². The van der Waals surface area contributed by atoms with Gasteiger partial charge in [-0.05, 0) is 30.2 Å². The van der Waals surface area contributed by atoms with E-state index < -0.39 is 37.7 Å². The van der Waals surface area contributed by atoms with E-state index in [0.29, 0.717) is 4.31 Å². The van der Waals surface area contributed by atoms with Gasteiger partial charge >= 0.3 is 6.18 Å². The normalized spacial score (nSPS) is 13.7. The summed E-state index contributed by atoms with van der Waals surface area (Å²) in [7, 11) is -8.44. The van der Waals surface area contributed by atoms with E-state index in [9.17, 15) is 30.0 Å². The number of nitrogens with two attached hydrogens (primary N) is 1. The van der Waals surface area contributed by atoms with Crippen LogP contribution in [0.3, 0.4) is 0 Å². The third-order valence-electron chi connectivity index (χ3n) is 2.71. The maximum absolute atomic E-state index is 12.6. The number of primary sulfonamides is 1. The molecule has 0 saturated heterocycles. The molecule has 0 bridgehead atoms. The number of halogens is 3. The zero-order chi connectivity index (χ0) is 18.1. The number of alkyl halides is 3. The number of nitrogens with zero attached hydrogens (tertiary/aromatic N) is 1. The Hall–Kier alpha value is -1.17. The molecule has 0 aliphatic carbocycles. The molecule has 0 heterocycles. The average Bonchev–Trinajstić information content (AvgIpc) is 2.35. The van der Waals surface area contributed by atoms with Gasteiger partial charge in [0.15, 0.2) is 0 Å². The molecule has 132 valence electrons. The van der Waals surface area contributed by atoms with Crippen molar-refractivity contribution < 1.29 is 30.0 Å². The van der Waals surface area contributed by atoms with Crippen molar-refractivity contribution in [3.05, 3.63) is 24.3 Å². The zero-order valence-corrected chi connectivity index (χ0v) is 14.0. The fourth-order valence-corrected chi connectivity index (χ4v) is 3.91. The van der Waals surface area contributed by atoms with Gasteiger partial charge in [-0.25, -0.2) is 22.0 Å². The molecule has 23 heavy (non-hydrogen) atoms. The summed E-state index contributed by atoms with van der Waals surface area (Å²) in [6.07, 6.45) is -4.69. The fraction of sp³-hybridized carbons (Fsp3) is 0.500. The van der Waals surface area contributed by atoms with Gasteiger partial charge in [-0.2, -0.15) is 17.5 Å². The van der Waals surface area contributed by atoms with Crippen LogP contribution in [0.5, 0.6) is 0 Å². The van der Waals surface area contributed by atoms with Crippen molar-refractivity contribution in [3.8, 4) is 0 Å². The molecule has 1 aromatic rings. The van der Waals surface area contributed by atoms with Gasteiger partial charge in [0, 0.05) is 6.54 Å². The summed E-state index contributed by atoms with van der Waals surface area (Å²) in [5, 5.41) is 4.89. The first-order valence-corrected chi connectivity index (χ1v) is 9.42. The second-order valence-corrected chi connectivity index (χ2v) is 8.82. The van der Waals surface area contributed by atoms with Crippen LogP contribution in [0.1, 0.15) is 13.8 Å². The van der Waals surface area contributed by atoms with Gasteiger partial charge in [0.25, 0.3) is 0 Å². The molecule has 0 saturated carbocycles. The van der Waals surface area contributed by atoms with Gasteiger partial charge in [0.1, 0.15) is 6.54 Å². The Labute approximate surface area is 133 Å². The third kappa shape index (κ3) is 5.75. The summed E-state index contributed by atoms with van der Waals surface area (Å²) in [4.78, 5) is -0.766. The lowest BCUT2D eigenvalue weighted by atomic mass is 10.2. The Morgan fingerprint density at radius 3 is 1.83 bits per heavy atom. The Balaban J connectivity index is 3.24. The van der Waals surface area contributed by atoms with E-state index in [1.54, 1.807) is 13.8 Å². The minimum Gasteiger partial charge on any atom is -0.225 e. The molecule has 0 aliphatic heterocycles. The Morgan fingerprint density at radius 1 is 1.04 bits per heavy atom. The van der Waals surface area contributed by atoms with Crippen molar-refractivity contribution in [2.45, 2.75) is 29.8 Å². The molecule has 0 amide bonds. The van der Waals surface area contributed by atoms with E-state index in [2.05, 4.69) is 0 Å². The molecular formula is C12H17F3N2O4S2. The molecule has 6 nitrogen and oxygen atoms in total.